The van der Waals surface area contributed by atoms with Gasteiger partial charge in [0.05, 0.1) is 13.3 Å². The zero-order valence-corrected chi connectivity index (χ0v) is 12.7. The molecule has 2 aromatic heterocycles. The molecule has 0 radical (unpaired) electrons. The van der Waals surface area contributed by atoms with E-state index in [1.165, 1.54) is 19.6 Å². The third-order valence-electron chi connectivity index (χ3n) is 4.78. The average Bonchev–Trinajstić information content (AvgIpc) is 3.28. The number of nitrogens with one attached hydrogen (secondary N) is 2. The molecule has 0 aromatic carbocycles. The van der Waals surface area contributed by atoms with Gasteiger partial charge in [-0.25, -0.2) is 9.78 Å². The van der Waals surface area contributed by atoms with E-state index in [-0.39, 0.29) is 17.6 Å². The van der Waals surface area contributed by atoms with Gasteiger partial charge in [0.1, 0.15) is 17.5 Å². The molecule has 0 spiro atoms. The summed E-state index contributed by atoms with van der Waals surface area (Å²) in [6.07, 6.45) is 4.85. The molecule has 3 unspecified atom stereocenters. The van der Waals surface area contributed by atoms with Crippen LogP contribution in [0.15, 0.2) is 22.9 Å². The molecule has 1 aliphatic heterocycles. The molecular weight excluding hydrogens is 298 g/mol. The number of nitrogens with zero attached hydrogens (tertiary/aromatic N) is 1. The summed E-state index contributed by atoms with van der Waals surface area (Å²) in [4.78, 5) is 28.3. The Hall–Kier alpha value is -2.41. The van der Waals surface area contributed by atoms with E-state index in [0.29, 0.717) is 28.5 Å². The molecule has 120 valence electrons. The van der Waals surface area contributed by atoms with Crippen LogP contribution in [0.3, 0.4) is 0 Å². The van der Waals surface area contributed by atoms with Crippen molar-refractivity contribution >= 4 is 22.8 Å². The summed E-state index contributed by atoms with van der Waals surface area (Å²) in [6.45, 7) is 0.955. The lowest BCUT2D eigenvalue weighted by Gasteiger charge is -2.23. The minimum atomic E-state index is -0.500. The molecule has 2 aromatic rings. The lowest BCUT2D eigenvalue weighted by Crippen LogP contribution is -2.44. The Balaban J connectivity index is 1.58. The summed E-state index contributed by atoms with van der Waals surface area (Å²) >= 11 is 0. The van der Waals surface area contributed by atoms with Gasteiger partial charge in [-0.1, -0.05) is 0 Å². The molecule has 1 aliphatic carbocycles. The Labute approximate surface area is 132 Å². The van der Waals surface area contributed by atoms with Crippen LogP contribution in [0.1, 0.15) is 33.7 Å². The summed E-state index contributed by atoms with van der Waals surface area (Å²) in [5.74, 6) is -0.228. The summed E-state index contributed by atoms with van der Waals surface area (Å²) in [5.41, 5.74) is 1.02. The number of carbonyl (C=O) groups is 2. The molecule has 2 fully saturated rings. The van der Waals surface area contributed by atoms with Crippen LogP contribution in [-0.4, -0.2) is 42.6 Å². The Bertz CT molecular complexity index is 785. The largest absolute Gasteiger partial charge is 0.465 e. The zero-order chi connectivity index (χ0) is 16.0. The van der Waals surface area contributed by atoms with Gasteiger partial charge in [-0.2, -0.15) is 0 Å². The predicted molar refractivity (Wildman–Crippen MR) is 81.1 cm³/mol. The molecule has 1 saturated carbocycles. The fraction of sp³-hybridized carbons (Fsp3) is 0.438. The van der Waals surface area contributed by atoms with E-state index in [9.17, 15) is 9.59 Å². The highest BCUT2D eigenvalue weighted by atomic mass is 16.5. The monoisotopic (exact) mass is 315 g/mol. The average molecular weight is 315 g/mol. The number of furan rings is 1. The zero-order valence-electron chi connectivity index (χ0n) is 12.7. The van der Waals surface area contributed by atoms with Crippen LogP contribution in [-0.2, 0) is 4.74 Å². The van der Waals surface area contributed by atoms with E-state index in [1.807, 2.05) is 0 Å². The van der Waals surface area contributed by atoms with Crippen molar-refractivity contribution in [1.29, 1.82) is 0 Å². The first-order valence-corrected chi connectivity index (χ1v) is 7.65. The number of esters is 1. The molecule has 2 aliphatic rings. The van der Waals surface area contributed by atoms with Crippen molar-refractivity contribution in [3.8, 4) is 0 Å². The van der Waals surface area contributed by atoms with Gasteiger partial charge < -0.3 is 19.8 Å². The molecule has 7 heteroatoms. The summed E-state index contributed by atoms with van der Waals surface area (Å²) in [5, 5.41) is 7.01. The molecular formula is C16H17N3O4. The summed E-state index contributed by atoms with van der Waals surface area (Å²) in [7, 11) is 1.30. The van der Waals surface area contributed by atoms with Crippen molar-refractivity contribution < 1.29 is 18.7 Å². The van der Waals surface area contributed by atoms with Crippen LogP contribution in [0.25, 0.3) is 11.0 Å². The maximum atomic E-state index is 12.5. The second-order valence-corrected chi connectivity index (χ2v) is 6.12. The first-order chi connectivity index (χ1) is 11.2. The van der Waals surface area contributed by atoms with Crippen LogP contribution >= 0.6 is 0 Å². The molecule has 2 N–H and O–H groups in total. The number of piperidine rings is 1. The number of methoxy groups -OCH3 is 1. The van der Waals surface area contributed by atoms with Gasteiger partial charge in [-0.3, -0.25) is 4.79 Å². The number of amides is 1. The number of fused-ring (bicyclic) bond motifs is 3. The van der Waals surface area contributed by atoms with E-state index in [1.54, 1.807) is 6.07 Å². The van der Waals surface area contributed by atoms with Gasteiger partial charge in [0.15, 0.2) is 5.58 Å². The first kappa shape index (κ1) is 14.2. The fourth-order valence-corrected chi connectivity index (χ4v) is 3.58. The lowest BCUT2D eigenvalue weighted by atomic mass is 10.0. The maximum absolute atomic E-state index is 12.5. The van der Waals surface area contributed by atoms with Crippen LogP contribution in [0, 0.1) is 5.92 Å². The summed E-state index contributed by atoms with van der Waals surface area (Å²) in [6, 6.07) is 2.28. The molecule has 23 heavy (non-hydrogen) atoms. The highest BCUT2D eigenvalue weighted by Gasteiger charge is 2.40. The van der Waals surface area contributed by atoms with E-state index < -0.39 is 5.97 Å². The minimum absolute atomic E-state index is 0.190. The molecule has 1 saturated heterocycles. The second kappa shape index (κ2) is 5.34. The van der Waals surface area contributed by atoms with Crippen LogP contribution in [0.4, 0.5) is 0 Å². The number of hydrogen-bond donors (Lipinski definition) is 2. The van der Waals surface area contributed by atoms with Gasteiger partial charge in [-0.05, 0) is 24.8 Å². The lowest BCUT2D eigenvalue weighted by molar-refractivity contribution is 0.0601. The highest BCUT2D eigenvalue weighted by Crippen LogP contribution is 2.31. The van der Waals surface area contributed by atoms with Crippen LogP contribution in [0.2, 0.25) is 0 Å². The van der Waals surface area contributed by atoms with E-state index in [4.69, 9.17) is 9.15 Å². The maximum Gasteiger partial charge on any atom is 0.341 e. The number of ether oxygens (including phenoxy) is 1. The highest BCUT2D eigenvalue weighted by molar-refractivity contribution is 6.05. The summed E-state index contributed by atoms with van der Waals surface area (Å²) < 4.78 is 9.99. The topological polar surface area (TPSA) is 93.5 Å². The third-order valence-corrected chi connectivity index (χ3v) is 4.78. The number of pyridine rings is 1. The van der Waals surface area contributed by atoms with E-state index in [2.05, 4.69) is 15.6 Å². The second-order valence-electron chi connectivity index (χ2n) is 6.12. The molecule has 7 nitrogen and oxygen atoms in total. The Morgan fingerprint density at radius 1 is 1.43 bits per heavy atom. The Morgan fingerprint density at radius 2 is 2.30 bits per heavy atom. The number of rotatable bonds is 3. The van der Waals surface area contributed by atoms with Crippen molar-refractivity contribution in [3.63, 3.8) is 0 Å². The number of carbonyl (C=O) groups excluding carboxylic acids is 2. The standard InChI is InChI=1S/C16H17N3O4/c1-22-16(21)11-7-23-14-6-18-13(4-10(11)14)15(20)19-12-3-9-2-8(12)5-17-9/h4,6-9,12,17H,2-3,5H2,1H3,(H,19,20). The van der Waals surface area contributed by atoms with E-state index in [0.717, 1.165) is 19.4 Å². The number of hydrogen-bond acceptors (Lipinski definition) is 6. The predicted octanol–water partition coefficient (Wildman–Crippen LogP) is 1.09. The first-order valence-electron chi connectivity index (χ1n) is 7.65. The molecule has 4 rings (SSSR count). The minimum Gasteiger partial charge on any atom is -0.465 e. The van der Waals surface area contributed by atoms with Crippen LogP contribution in [0.5, 0.6) is 0 Å². The van der Waals surface area contributed by atoms with Gasteiger partial charge >= 0.3 is 5.97 Å². The van der Waals surface area contributed by atoms with Gasteiger partial charge in [0, 0.05) is 24.0 Å². The van der Waals surface area contributed by atoms with Crippen molar-refractivity contribution in [2.75, 3.05) is 13.7 Å². The number of aromatic nitrogens is 1. The van der Waals surface area contributed by atoms with E-state index >= 15 is 0 Å². The smallest absolute Gasteiger partial charge is 0.341 e. The third kappa shape index (κ3) is 2.37. The molecule has 3 heterocycles. The molecule has 1 amide bonds. The quantitative estimate of drug-likeness (QED) is 0.824. The van der Waals surface area contributed by atoms with Crippen LogP contribution < -0.4 is 10.6 Å². The van der Waals surface area contributed by atoms with Gasteiger partial charge in [0.2, 0.25) is 0 Å². The van der Waals surface area contributed by atoms with Crippen molar-refractivity contribution in [2.45, 2.75) is 24.9 Å². The Kier molecular flexibility index (Phi) is 3.30. The molecule has 3 atom stereocenters. The normalized spacial score (nSPS) is 25.7. The Morgan fingerprint density at radius 3 is 3.00 bits per heavy atom. The van der Waals surface area contributed by atoms with Crippen molar-refractivity contribution in [2.24, 2.45) is 5.92 Å². The fourth-order valence-electron chi connectivity index (χ4n) is 3.58. The van der Waals surface area contributed by atoms with Crippen molar-refractivity contribution in [3.05, 3.63) is 29.8 Å². The SMILES string of the molecule is COC(=O)c1coc2cnc(C(=O)NC3CC4CC3CN4)cc12. The van der Waals surface area contributed by atoms with Gasteiger partial charge in [-0.15, -0.1) is 0 Å². The van der Waals surface area contributed by atoms with Crippen molar-refractivity contribution in [1.82, 2.24) is 15.6 Å². The van der Waals surface area contributed by atoms with Gasteiger partial charge in [0.25, 0.3) is 5.91 Å². The molecule has 2 bridgehead atoms.